The van der Waals surface area contributed by atoms with Crippen molar-refractivity contribution in [2.45, 2.75) is 38.8 Å². The van der Waals surface area contributed by atoms with Crippen LogP contribution in [0.5, 0.6) is 0 Å². The lowest BCUT2D eigenvalue weighted by Gasteiger charge is -2.34. The van der Waals surface area contributed by atoms with Gasteiger partial charge in [-0.2, -0.15) is 11.3 Å². The van der Waals surface area contributed by atoms with Crippen LogP contribution in [0.4, 0.5) is 10.6 Å². The van der Waals surface area contributed by atoms with Gasteiger partial charge in [-0.1, -0.05) is 5.16 Å². The molecular weight excluding hydrogens is 352 g/mol. The van der Waals surface area contributed by atoms with Crippen molar-refractivity contribution in [3.63, 3.8) is 0 Å². The highest BCUT2D eigenvalue weighted by atomic mass is 32.1. The van der Waals surface area contributed by atoms with E-state index in [-0.39, 0.29) is 17.4 Å². The van der Waals surface area contributed by atoms with Gasteiger partial charge in [0.1, 0.15) is 6.26 Å². The van der Waals surface area contributed by atoms with E-state index in [2.05, 4.69) is 21.9 Å². The summed E-state index contributed by atoms with van der Waals surface area (Å²) in [5, 5.41) is 10.6. The third-order valence-electron chi connectivity index (χ3n) is 5.58. The number of aromatic nitrogens is 1. The molecule has 1 atom stereocenters. The summed E-state index contributed by atoms with van der Waals surface area (Å²) in [6.45, 7) is 3.73. The van der Waals surface area contributed by atoms with Crippen LogP contribution in [0, 0.1) is 5.41 Å². The minimum absolute atomic E-state index is 0.129. The van der Waals surface area contributed by atoms with Gasteiger partial charge in [0.15, 0.2) is 5.82 Å². The largest absolute Gasteiger partial charge is 0.363 e. The van der Waals surface area contributed by atoms with E-state index in [1.807, 2.05) is 15.2 Å². The molecule has 3 heterocycles. The van der Waals surface area contributed by atoms with Gasteiger partial charge in [0, 0.05) is 38.7 Å². The van der Waals surface area contributed by atoms with Crippen molar-refractivity contribution in [3.8, 4) is 0 Å². The van der Waals surface area contributed by atoms with Crippen LogP contribution in [0.1, 0.15) is 31.7 Å². The van der Waals surface area contributed by atoms with Crippen LogP contribution < -0.4 is 5.32 Å². The number of thiophene rings is 1. The number of hydrogen-bond acceptors (Lipinski definition) is 5. The maximum atomic E-state index is 12.3. The van der Waals surface area contributed by atoms with Gasteiger partial charge < -0.3 is 14.3 Å². The average molecular weight is 374 g/mol. The lowest BCUT2D eigenvalue weighted by molar-refractivity contribution is -0.130. The van der Waals surface area contributed by atoms with Crippen LogP contribution in [0.2, 0.25) is 0 Å². The molecule has 1 saturated carbocycles. The maximum absolute atomic E-state index is 12.3. The molecule has 3 amide bonds. The van der Waals surface area contributed by atoms with Crippen LogP contribution in [-0.4, -0.2) is 46.0 Å². The number of carbonyl (C=O) groups is 2. The van der Waals surface area contributed by atoms with Gasteiger partial charge in [0.2, 0.25) is 5.91 Å². The summed E-state index contributed by atoms with van der Waals surface area (Å²) in [6.07, 6.45) is 4.32. The Balaban J connectivity index is 1.34. The van der Waals surface area contributed by atoms with Crippen molar-refractivity contribution in [3.05, 3.63) is 34.7 Å². The summed E-state index contributed by atoms with van der Waals surface area (Å²) in [5.74, 6) is 0.558. The molecule has 2 aliphatic rings. The first-order valence-electron chi connectivity index (χ1n) is 8.82. The summed E-state index contributed by atoms with van der Waals surface area (Å²) < 4.78 is 4.73. The lowest BCUT2D eigenvalue weighted by Crippen LogP contribution is -2.44. The molecule has 1 unspecified atom stereocenters. The number of urea groups is 1. The van der Waals surface area contributed by atoms with Crippen LogP contribution in [0.15, 0.2) is 33.7 Å². The first-order chi connectivity index (χ1) is 12.6. The number of carbonyl (C=O) groups excluding carboxylic acids is 2. The Morgan fingerprint density at radius 2 is 2.23 bits per heavy atom. The summed E-state index contributed by atoms with van der Waals surface area (Å²) in [4.78, 5) is 28.3. The van der Waals surface area contributed by atoms with E-state index in [9.17, 15) is 9.59 Å². The molecule has 7 nitrogen and oxygen atoms in total. The number of piperidine rings is 1. The highest BCUT2D eigenvalue weighted by Crippen LogP contribution is 2.57. The predicted octanol–water partition coefficient (Wildman–Crippen LogP) is 3.17. The molecule has 2 fully saturated rings. The van der Waals surface area contributed by atoms with Crippen molar-refractivity contribution >= 4 is 29.1 Å². The number of hydrogen-bond donors (Lipinski definition) is 1. The van der Waals surface area contributed by atoms with E-state index in [0.29, 0.717) is 31.5 Å². The molecule has 8 heteroatoms. The van der Waals surface area contributed by atoms with Crippen molar-refractivity contribution in [1.82, 2.24) is 15.0 Å². The van der Waals surface area contributed by atoms with Gasteiger partial charge in [-0.3, -0.25) is 10.1 Å². The average Bonchev–Trinajstić information content (AvgIpc) is 3.05. The minimum Gasteiger partial charge on any atom is -0.363 e. The SMILES string of the molecule is CC(=O)N(Cc1ccsc1)C1CC12CCN(C(=O)Nc1ccon1)CC2. The monoisotopic (exact) mass is 374 g/mol. The third kappa shape index (κ3) is 3.33. The fourth-order valence-electron chi connectivity index (χ4n) is 3.95. The van der Waals surface area contributed by atoms with E-state index in [4.69, 9.17) is 4.52 Å². The molecule has 0 bridgehead atoms. The Hall–Kier alpha value is -2.35. The number of amides is 3. The summed E-state index contributed by atoms with van der Waals surface area (Å²) in [6, 6.07) is 3.84. The first kappa shape index (κ1) is 17.1. The zero-order chi connectivity index (χ0) is 18.1. The number of rotatable bonds is 4. The van der Waals surface area contributed by atoms with Gasteiger partial charge in [-0.25, -0.2) is 4.79 Å². The Morgan fingerprint density at radius 3 is 2.85 bits per heavy atom. The molecule has 26 heavy (non-hydrogen) atoms. The molecule has 1 aliphatic carbocycles. The highest BCUT2D eigenvalue weighted by molar-refractivity contribution is 7.07. The fraction of sp³-hybridized carbons (Fsp3) is 0.500. The van der Waals surface area contributed by atoms with Crippen molar-refractivity contribution in [1.29, 1.82) is 0 Å². The van der Waals surface area contributed by atoms with Gasteiger partial charge >= 0.3 is 6.03 Å². The molecule has 138 valence electrons. The van der Waals surface area contributed by atoms with Gasteiger partial charge in [-0.05, 0) is 47.1 Å². The number of nitrogens with one attached hydrogen (secondary N) is 1. The van der Waals surface area contributed by atoms with E-state index in [1.165, 1.54) is 11.8 Å². The fourth-order valence-corrected chi connectivity index (χ4v) is 4.61. The Bertz CT molecular complexity index is 766. The molecule has 2 aromatic rings. The van der Waals surface area contributed by atoms with Crippen LogP contribution in [0.25, 0.3) is 0 Å². The zero-order valence-corrected chi connectivity index (χ0v) is 15.5. The van der Waals surface area contributed by atoms with E-state index < -0.39 is 0 Å². The minimum atomic E-state index is -0.146. The van der Waals surface area contributed by atoms with Gasteiger partial charge in [0.05, 0.1) is 0 Å². The van der Waals surface area contributed by atoms with Crippen molar-refractivity contribution in [2.75, 3.05) is 18.4 Å². The molecule has 0 radical (unpaired) electrons. The summed E-state index contributed by atoms with van der Waals surface area (Å²) in [5.41, 5.74) is 1.36. The number of anilines is 1. The quantitative estimate of drug-likeness (QED) is 0.891. The lowest BCUT2D eigenvalue weighted by atomic mass is 9.92. The second-order valence-corrected chi connectivity index (χ2v) is 7.94. The molecule has 4 rings (SSSR count). The molecule has 2 aromatic heterocycles. The first-order valence-corrected chi connectivity index (χ1v) is 9.76. The molecular formula is C18H22N4O3S. The Kier molecular flexibility index (Phi) is 4.44. The molecule has 1 saturated heterocycles. The van der Waals surface area contributed by atoms with E-state index in [1.54, 1.807) is 24.3 Å². The number of nitrogens with zero attached hydrogens (tertiary/aromatic N) is 3. The number of likely N-dealkylation sites (tertiary alicyclic amines) is 1. The van der Waals surface area contributed by atoms with Crippen molar-refractivity contribution in [2.24, 2.45) is 5.41 Å². The Morgan fingerprint density at radius 1 is 1.42 bits per heavy atom. The second-order valence-electron chi connectivity index (χ2n) is 7.16. The second kappa shape index (κ2) is 6.75. The maximum Gasteiger partial charge on any atom is 0.323 e. The Labute approximate surface area is 155 Å². The smallest absolute Gasteiger partial charge is 0.323 e. The van der Waals surface area contributed by atoms with Gasteiger partial charge in [-0.15, -0.1) is 0 Å². The molecule has 1 spiro atoms. The molecule has 0 aromatic carbocycles. The topological polar surface area (TPSA) is 78.7 Å². The molecule has 1 N–H and O–H groups in total. The zero-order valence-electron chi connectivity index (χ0n) is 14.7. The van der Waals surface area contributed by atoms with Gasteiger partial charge in [0.25, 0.3) is 0 Å². The van der Waals surface area contributed by atoms with E-state index >= 15 is 0 Å². The van der Waals surface area contributed by atoms with Crippen LogP contribution in [0.3, 0.4) is 0 Å². The van der Waals surface area contributed by atoms with E-state index in [0.717, 1.165) is 19.3 Å². The van der Waals surface area contributed by atoms with Crippen LogP contribution in [-0.2, 0) is 11.3 Å². The molecule has 1 aliphatic heterocycles. The normalized spacial score (nSPS) is 20.8. The third-order valence-corrected chi connectivity index (χ3v) is 6.31. The van der Waals surface area contributed by atoms with Crippen LogP contribution >= 0.6 is 11.3 Å². The highest BCUT2D eigenvalue weighted by Gasteiger charge is 2.58. The predicted molar refractivity (Wildman–Crippen MR) is 97.7 cm³/mol. The summed E-state index contributed by atoms with van der Waals surface area (Å²) in [7, 11) is 0. The summed E-state index contributed by atoms with van der Waals surface area (Å²) >= 11 is 1.66. The van der Waals surface area contributed by atoms with Crippen molar-refractivity contribution < 1.29 is 14.1 Å². The standard InChI is InChI=1S/C18H22N4O3S/c1-13(23)22(11-14-3-9-26-12-14)15-10-18(15)4-6-21(7-5-18)17(24)19-16-2-8-25-20-16/h2-3,8-9,12,15H,4-7,10-11H2,1H3,(H,19,20,24).